The Labute approximate surface area is 190 Å². The van der Waals surface area contributed by atoms with Crippen LogP contribution in [0.4, 0.5) is 0 Å². The summed E-state index contributed by atoms with van der Waals surface area (Å²) in [7, 11) is -0.935. The minimum atomic E-state index is -2.30. The van der Waals surface area contributed by atoms with E-state index in [4.69, 9.17) is 4.74 Å². The molecular formula is C26H56OSiSn. The molecule has 0 fully saturated rings. The summed E-state index contributed by atoms with van der Waals surface area (Å²) in [4.78, 5) is 0. The van der Waals surface area contributed by atoms with E-state index in [0.717, 1.165) is 12.5 Å². The normalized spacial score (nSPS) is 14.2. The summed E-state index contributed by atoms with van der Waals surface area (Å²) < 4.78 is 12.2. The van der Waals surface area contributed by atoms with Gasteiger partial charge in [-0.05, 0) is 0 Å². The fourth-order valence-corrected chi connectivity index (χ4v) is 23.3. The van der Waals surface area contributed by atoms with E-state index < -0.39 is 26.5 Å². The predicted molar refractivity (Wildman–Crippen MR) is 141 cm³/mol. The standard InChI is InChI=1S/C14H29OSi.3C4H9.Sn/c1-14(2)10-12-15-11-8-6-7-9-13-16(3,4)5;3*1-3-4-2;/h7,9,12,14H,6,8,10-11,13H2,1-5H3;3*1,3-4H2,2H3;/b9-7+;;;;. The summed E-state index contributed by atoms with van der Waals surface area (Å²) in [5, 5.41) is 0. The summed E-state index contributed by atoms with van der Waals surface area (Å²) in [5.41, 5.74) is 0. The first-order chi connectivity index (χ1) is 13.7. The Morgan fingerprint density at radius 1 is 0.793 bits per heavy atom. The van der Waals surface area contributed by atoms with Gasteiger partial charge in [0.05, 0.1) is 0 Å². The molecule has 0 aromatic carbocycles. The minimum absolute atomic E-state index is 0.653. The van der Waals surface area contributed by atoms with Gasteiger partial charge in [0.25, 0.3) is 0 Å². The van der Waals surface area contributed by atoms with Gasteiger partial charge in [0.2, 0.25) is 0 Å². The van der Waals surface area contributed by atoms with Crippen LogP contribution in [0.15, 0.2) is 12.2 Å². The van der Waals surface area contributed by atoms with E-state index in [1.54, 1.807) is 13.3 Å². The van der Waals surface area contributed by atoms with Crippen molar-refractivity contribution in [2.45, 2.75) is 136 Å². The van der Waals surface area contributed by atoms with Gasteiger partial charge in [-0.15, -0.1) is 0 Å². The Kier molecular flexibility index (Phi) is 17.7. The number of rotatable bonds is 19. The van der Waals surface area contributed by atoms with Gasteiger partial charge in [0.1, 0.15) is 0 Å². The van der Waals surface area contributed by atoms with E-state index in [1.807, 2.05) is 0 Å². The molecule has 0 saturated heterocycles. The van der Waals surface area contributed by atoms with Crippen LogP contribution >= 0.6 is 0 Å². The molecule has 0 aromatic heterocycles. The van der Waals surface area contributed by atoms with E-state index in [2.05, 4.69) is 66.4 Å². The molecule has 0 rings (SSSR count). The van der Waals surface area contributed by atoms with Crippen molar-refractivity contribution in [3.05, 3.63) is 12.2 Å². The van der Waals surface area contributed by atoms with Crippen molar-refractivity contribution in [2.75, 3.05) is 6.61 Å². The fraction of sp³-hybridized carbons (Fsp3) is 0.923. The van der Waals surface area contributed by atoms with Gasteiger partial charge in [-0.1, -0.05) is 0 Å². The van der Waals surface area contributed by atoms with Crippen molar-refractivity contribution in [3.8, 4) is 0 Å². The van der Waals surface area contributed by atoms with Crippen LogP contribution in [0.1, 0.15) is 92.4 Å². The molecule has 0 heterocycles. The van der Waals surface area contributed by atoms with Gasteiger partial charge in [-0.25, -0.2) is 0 Å². The monoisotopic (exact) mass is 532 g/mol. The molecule has 1 atom stereocenters. The van der Waals surface area contributed by atoms with Crippen molar-refractivity contribution >= 4 is 26.5 Å². The predicted octanol–water partition coefficient (Wildman–Crippen LogP) is 9.48. The third kappa shape index (κ3) is 15.2. The molecule has 0 aromatic rings. The Hall–Kier alpha value is 0.716. The number of ether oxygens (including phenoxy) is 1. The molecule has 1 nitrogen and oxygen atoms in total. The number of allylic oxidation sites excluding steroid dienone is 2. The maximum absolute atomic E-state index is 6.83. The summed E-state index contributed by atoms with van der Waals surface area (Å²) in [6.45, 7) is 20.3. The maximum atomic E-state index is 6.83. The first-order valence-corrected chi connectivity index (χ1v) is 24.4. The van der Waals surface area contributed by atoms with E-state index in [1.165, 1.54) is 63.8 Å². The van der Waals surface area contributed by atoms with Gasteiger partial charge < -0.3 is 0 Å². The Morgan fingerprint density at radius 2 is 1.31 bits per heavy atom. The zero-order valence-corrected chi connectivity index (χ0v) is 25.5. The van der Waals surface area contributed by atoms with E-state index in [0.29, 0.717) is 4.12 Å². The topological polar surface area (TPSA) is 9.23 Å². The van der Waals surface area contributed by atoms with Gasteiger partial charge in [-0.2, -0.15) is 0 Å². The Bertz CT molecular complexity index is 378. The number of unbranched alkanes of at least 4 members (excludes halogenated alkanes) is 4. The molecule has 0 aliphatic carbocycles. The molecule has 0 radical (unpaired) electrons. The fourth-order valence-electron chi connectivity index (χ4n) is 4.35. The summed E-state index contributed by atoms with van der Waals surface area (Å²) in [5.74, 6) is 0.762. The quantitative estimate of drug-likeness (QED) is 0.0916. The van der Waals surface area contributed by atoms with Crippen molar-refractivity contribution in [3.63, 3.8) is 0 Å². The van der Waals surface area contributed by atoms with Gasteiger partial charge in [-0.3, -0.25) is 0 Å². The van der Waals surface area contributed by atoms with Crippen molar-refractivity contribution in [2.24, 2.45) is 5.92 Å². The molecule has 0 N–H and O–H groups in total. The molecule has 174 valence electrons. The third-order valence-electron chi connectivity index (χ3n) is 6.18. The van der Waals surface area contributed by atoms with Crippen LogP contribution in [-0.2, 0) is 4.74 Å². The molecule has 0 spiro atoms. The molecule has 0 aliphatic heterocycles. The van der Waals surface area contributed by atoms with Crippen LogP contribution in [0.5, 0.6) is 0 Å². The average molecular weight is 532 g/mol. The van der Waals surface area contributed by atoms with E-state index >= 15 is 0 Å². The number of hydrogen-bond donors (Lipinski definition) is 0. The van der Waals surface area contributed by atoms with Gasteiger partial charge in [0.15, 0.2) is 0 Å². The van der Waals surface area contributed by atoms with Crippen LogP contribution in [0.2, 0.25) is 39.0 Å². The molecule has 0 aliphatic rings. The molecule has 29 heavy (non-hydrogen) atoms. The second kappa shape index (κ2) is 17.3. The molecule has 0 saturated carbocycles. The van der Waals surface area contributed by atoms with Crippen molar-refractivity contribution < 1.29 is 4.74 Å². The molecule has 3 heteroatoms. The first-order valence-electron chi connectivity index (χ1n) is 13.0. The second-order valence-electron chi connectivity index (χ2n) is 11.0. The summed E-state index contributed by atoms with van der Waals surface area (Å²) in [6.07, 6.45) is 17.0. The molecule has 0 bridgehead atoms. The van der Waals surface area contributed by atoms with Crippen molar-refractivity contribution in [1.29, 1.82) is 0 Å². The molecule has 0 amide bonds. The zero-order chi connectivity index (χ0) is 22.2. The van der Waals surface area contributed by atoms with Crippen LogP contribution in [-0.4, -0.2) is 37.2 Å². The SMILES string of the molecule is CCC[CH2][Sn]([CH2]CCC)([CH2]CCC)[CH](CC(C)C)OCCC/C=C/C[Si](C)(C)C. The van der Waals surface area contributed by atoms with Crippen molar-refractivity contribution in [1.82, 2.24) is 0 Å². The van der Waals surface area contributed by atoms with Crippen LogP contribution in [0.25, 0.3) is 0 Å². The van der Waals surface area contributed by atoms with Crippen LogP contribution in [0, 0.1) is 5.92 Å². The number of hydrogen-bond acceptors (Lipinski definition) is 1. The zero-order valence-electron chi connectivity index (χ0n) is 21.6. The average Bonchev–Trinajstić information content (AvgIpc) is 2.65. The Morgan fingerprint density at radius 3 is 1.72 bits per heavy atom. The van der Waals surface area contributed by atoms with Crippen LogP contribution < -0.4 is 0 Å². The summed E-state index contributed by atoms with van der Waals surface area (Å²) >= 11 is -2.30. The van der Waals surface area contributed by atoms with E-state index in [9.17, 15) is 0 Å². The molecule has 1 unspecified atom stereocenters. The first kappa shape index (κ1) is 29.7. The van der Waals surface area contributed by atoms with Gasteiger partial charge >= 0.3 is 191 Å². The third-order valence-corrected chi connectivity index (χ3v) is 24.2. The second-order valence-corrected chi connectivity index (χ2v) is 30.5. The van der Waals surface area contributed by atoms with E-state index in [-0.39, 0.29) is 0 Å². The molecular weight excluding hydrogens is 475 g/mol. The Balaban J connectivity index is 5.03. The van der Waals surface area contributed by atoms with Gasteiger partial charge in [0, 0.05) is 0 Å². The summed E-state index contributed by atoms with van der Waals surface area (Å²) in [6, 6.07) is 1.31. The van der Waals surface area contributed by atoms with Crippen LogP contribution in [0.3, 0.4) is 0 Å².